The van der Waals surface area contributed by atoms with Crippen LogP contribution in [0.1, 0.15) is 39.5 Å². The summed E-state index contributed by atoms with van der Waals surface area (Å²) in [6, 6.07) is 0. The van der Waals surface area contributed by atoms with E-state index < -0.39 is 0 Å². The van der Waals surface area contributed by atoms with Gasteiger partial charge in [-0.3, -0.25) is 0 Å². The van der Waals surface area contributed by atoms with E-state index in [0.29, 0.717) is 30.3 Å². The summed E-state index contributed by atoms with van der Waals surface area (Å²) in [4.78, 5) is 0. The van der Waals surface area contributed by atoms with Crippen molar-refractivity contribution in [1.29, 1.82) is 0 Å². The van der Waals surface area contributed by atoms with Gasteiger partial charge in [-0.05, 0) is 63.2 Å². The van der Waals surface area contributed by atoms with Crippen molar-refractivity contribution in [1.82, 2.24) is 0 Å². The number of fused-ring (bicyclic) bond motifs is 2. The molecule has 1 unspecified atom stereocenters. The second-order valence-electron chi connectivity index (χ2n) is 6.45. The number of hydrogen-bond donors (Lipinski definition) is 1. The van der Waals surface area contributed by atoms with Crippen LogP contribution in [0.3, 0.4) is 0 Å². The fourth-order valence-corrected chi connectivity index (χ4v) is 4.36. The third-order valence-electron chi connectivity index (χ3n) is 5.65. The highest BCUT2D eigenvalue weighted by Gasteiger charge is 2.49. The van der Waals surface area contributed by atoms with Crippen LogP contribution in [-0.2, 0) is 9.47 Å². The SMILES string of the molecule is CC1=C(C)[C@@H]2C[C@H]1[C@H](CO)[C@H]2COC1CCCCO1. The Balaban J connectivity index is 1.61. The molecule has 3 heteroatoms. The highest BCUT2D eigenvalue weighted by molar-refractivity contribution is 5.29. The van der Waals surface area contributed by atoms with Gasteiger partial charge in [0, 0.05) is 13.2 Å². The first-order valence-corrected chi connectivity index (χ1v) is 7.73. The molecule has 1 saturated heterocycles. The van der Waals surface area contributed by atoms with E-state index in [9.17, 15) is 5.11 Å². The fourth-order valence-electron chi connectivity index (χ4n) is 4.36. The van der Waals surface area contributed by atoms with Crippen LogP contribution in [0.25, 0.3) is 0 Å². The van der Waals surface area contributed by atoms with Crippen LogP contribution in [0.4, 0.5) is 0 Å². The number of aliphatic hydroxyl groups is 1. The van der Waals surface area contributed by atoms with Gasteiger partial charge in [0.2, 0.25) is 0 Å². The molecule has 19 heavy (non-hydrogen) atoms. The normalized spacial score (nSPS) is 42.2. The predicted octanol–water partition coefficient (Wildman–Crippen LogP) is 2.74. The monoisotopic (exact) mass is 266 g/mol. The van der Waals surface area contributed by atoms with Crippen molar-refractivity contribution >= 4 is 0 Å². The zero-order chi connectivity index (χ0) is 13.4. The molecule has 0 amide bonds. The molecular weight excluding hydrogens is 240 g/mol. The molecule has 108 valence electrons. The average molecular weight is 266 g/mol. The van der Waals surface area contributed by atoms with Gasteiger partial charge in [0.25, 0.3) is 0 Å². The highest BCUT2D eigenvalue weighted by Crippen LogP contribution is 2.54. The number of rotatable bonds is 4. The minimum atomic E-state index is -0.00222. The maximum Gasteiger partial charge on any atom is 0.157 e. The largest absolute Gasteiger partial charge is 0.396 e. The van der Waals surface area contributed by atoms with Crippen LogP contribution in [0.2, 0.25) is 0 Å². The quantitative estimate of drug-likeness (QED) is 0.795. The topological polar surface area (TPSA) is 38.7 Å². The third kappa shape index (κ3) is 2.37. The van der Waals surface area contributed by atoms with E-state index in [1.165, 1.54) is 18.4 Å². The van der Waals surface area contributed by atoms with E-state index in [4.69, 9.17) is 9.47 Å². The molecule has 0 aromatic heterocycles. The minimum absolute atomic E-state index is 0.00222. The zero-order valence-electron chi connectivity index (χ0n) is 12.1. The molecule has 3 rings (SSSR count). The van der Waals surface area contributed by atoms with Crippen molar-refractivity contribution in [3.63, 3.8) is 0 Å². The molecule has 0 radical (unpaired) electrons. The van der Waals surface area contributed by atoms with Gasteiger partial charge < -0.3 is 14.6 Å². The van der Waals surface area contributed by atoms with Crippen LogP contribution >= 0.6 is 0 Å². The Bertz CT molecular complexity index is 357. The second kappa shape index (κ2) is 5.55. The van der Waals surface area contributed by atoms with Gasteiger partial charge in [-0.2, -0.15) is 0 Å². The summed E-state index contributed by atoms with van der Waals surface area (Å²) in [6.07, 6.45) is 4.62. The van der Waals surface area contributed by atoms with Gasteiger partial charge in [-0.25, -0.2) is 0 Å². The van der Waals surface area contributed by atoms with Crippen molar-refractivity contribution in [3.05, 3.63) is 11.1 Å². The van der Waals surface area contributed by atoms with Crippen molar-refractivity contribution in [3.8, 4) is 0 Å². The smallest absolute Gasteiger partial charge is 0.157 e. The predicted molar refractivity (Wildman–Crippen MR) is 73.6 cm³/mol. The number of ether oxygens (including phenoxy) is 2. The summed E-state index contributed by atoms with van der Waals surface area (Å²) in [6.45, 7) is 6.39. The molecule has 2 fully saturated rings. The van der Waals surface area contributed by atoms with Gasteiger partial charge in [-0.1, -0.05) is 11.1 Å². The Kier molecular flexibility index (Phi) is 3.97. The first kappa shape index (κ1) is 13.6. The number of allylic oxidation sites excluding steroid dienone is 2. The van der Waals surface area contributed by atoms with Crippen LogP contribution < -0.4 is 0 Å². The molecule has 1 N–H and O–H groups in total. The Morgan fingerprint density at radius 3 is 2.53 bits per heavy atom. The molecule has 2 bridgehead atoms. The molecule has 3 aliphatic rings. The lowest BCUT2D eigenvalue weighted by Crippen LogP contribution is -2.33. The van der Waals surface area contributed by atoms with Gasteiger partial charge in [0.1, 0.15) is 0 Å². The number of aliphatic hydroxyl groups excluding tert-OH is 1. The molecule has 1 heterocycles. The van der Waals surface area contributed by atoms with Gasteiger partial charge >= 0.3 is 0 Å². The first-order chi connectivity index (χ1) is 9.22. The van der Waals surface area contributed by atoms with E-state index in [-0.39, 0.29) is 6.29 Å². The maximum absolute atomic E-state index is 9.69. The lowest BCUT2D eigenvalue weighted by molar-refractivity contribution is -0.173. The van der Waals surface area contributed by atoms with E-state index in [1.54, 1.807) is 5.57 Å². The molecule has 0 spiro atoms. The fraction of sp³-hybridized carbons (Fsp3) is 0.875. The Morgan fingerprint density at radius 1 is 1.16 bits per heavy atom. The number of hydrogen-bond acceptors (Lipinski definition) is 3. The van der Waals surface area contributed by atoms with Crippen molar-refractivity contribution in [2.24, 2.45) is 23.7 Å². The summed E-state index contributed by atoms with van der Waals surface area (Å²) in [7, 11) is 0. The van der Waals surface area contributed by atoms with Gasteiger partial charge in [0.05, 0.1) is 6.61 Å². The summed E-state index contributed by atoms with van der Waals surface area (Å²) in [5.41, 5.74) is 3.07. The molecule has 2 aliphatic carbocycles. The first-order valence-electron chi connectivity index (χ1n) is 7.73. The van der Waals surface area contributed by atoms with Crippen molar-refractivity contribution in [2.75, 3.05) is 19.8 Å². The van der Waals surface area contributed by atoms with Crippen LogP contribution in [0, 0.1) is 23.7 Å². The lowest BCUT2D eigenvalue weighted by Gasteiger charge is -2.33. The Morgan fingerprint density at radius 2 is 1.89 bits per heavy atom. The van der Waals surface area contributed by atoms with E-state index in [2.05, 4.69) is 13.8 Å². The average Bonchev–Trinajstić information content (AvgIpc) is 2.95. The van der Waals surface area contributed by atoms with Crippen molar-refractivity contribution < 1.29 is 14.6 Å². The Labute approximate surface area is 116 Å². The molecular formula is C16H26O3. The lowest BCUT2D eigenvalue weighted by atomic mass is 9.77. The van der Waals surface area contributed by atoms with Crippen LogP contribution in [0.15, 0.2) is 11.1 Å². The zero-order valence-corrected chi connectivity index (χ0v) is 12.1. The van der Waals surface area contributed by atoms with Crippen molar-refractivity contribution in [2.45, 2.75) is 45.8 Å². The highest BCUT2D eigenvalue weighted by atomic mass is 16.7. The van der Waals surface area contributed by atoms with Gasteiger partial charge in [-0.15, -0.1) is 0 Å². The van der Waals surface area contributed by atoms with E-state index in [0.717, 1.165) is 26.1 Å². The van der Waals surface area contributed by atoms with E-state index >= 15 is 0 Å². The van der Waals surface area contributed by atoms with Gasteiger partial charge in [0.15, 0.2) is 6.29 Å². The van der Waals surface area contributed by atoms with E-state index in [1.807, 2.05) is 0 Å². The summed E-state index contributed by atoms with van der Waals surface area (Å²) >= 11 is 0. The van der Waals surface area contributed by atoms with Crippen LogP contribution in [-0.4, -0.2) is 31.2 Å². The molecule has 1 aliphatic heterocycles. The maximum atomic E-state index is 9.69. The van der Waals surface area contributed by atoms with Crippen LogP contribution in [0.5, 0.6) is 0 Å². The molecule has 3 nitrogen and oxygen atoms in total. The standard InChI is InChI=1S/C16H26O3/c1-10-11(2)13-7-12(10)14(8-17)15(13)9-19-16-5-3-4-6-18-16/h12-17H,3-9H2,1-2H3/t12-,13+,14+,15+,16?/m1/s1. The summed E-state index contributed by atoms with van der Waals surface area (Å²) in [5, 5.41) is 9.69. The second-order valence-corrected chi connectivity index (χ2v) is 6.45. The molecule has 0 aromatic rings. The summed E-state index contributed by atoms with van der Waals surface area (Å²) < 4.78 is 11.6. The molecule has 0 aromatic carbocycles. The molecule has 1 saturated carbocycles. The summed E-state index contributed by atoms with van der Waals surface area (Å²) in [5.74, 6) is 2.11. The Hall–Kier alpha value is -0.380. The molecule has 5 atom stereocenters. The minimum Gasteiger partial charge on any atom is -0.396 e. The third-order valence-corrected chi connectivity index (χ3v) is 5.65.